The highest BCUT2D eigenvalue weighted by Crippen LogP contribution is 2.17. The SMILES string of the molecule is Cc1ccc(SCCNC(=O)c2cn(C[C@@H]3CCCNC3)nn2)cc1. The number of thioether (sulfide) groups is 1. The molecule has 134 valence electrons. The molecule has 6 nitrogen and oxygen atoms in total. The van der Waals surface area contributed by atoms with Crippen molar-refractivity contribution in [3.05, 3.63) is 41.7 Å². The number of hydrogen-bond acceptors (Lipinski definition) is 5. The van der Waals surface area contributed by atoms with Gasteiger partial charge in [0.05, 0.1) is 6.20 Å². The van der Waals surface area contributed by atoms with Crippen LogP contribution >= 0.6 is 11.8 Å². The highest BCUT2D eigenvalue weighted by Gasteiger charge is 2.16. The second-order valence-electron chi connectivity index (χ2n) is 6.46. The summed E-state index contributed by atoms with van der Waals surface area (Å²) in [6, 6.07) is 8.41. The van der Waals surface area contributed by atoms with E-state index in [-0.39, 0.29) is 5.91 Å². The smallest absolute Gasteiger partial charge is 0.273 e. The Bertz CT molecular complexity index is 679. The fourth-order valence-corrected chi connectivity index (χ4v) is 3.66. The number of carbonyl (C=O) groups is 1. The van der Waals surface area contributed by atoms with Gasteiger partial charge in [-0.3, -0.25) is 9.48 Å². The summed E-state index contributed by atoms with van der Waals surface area (Å²) in [5, 5.41) is 14.4. The van der Waals surface area contributed by atoms with Crippen LogP contribution in [-0.2, 0) is 6.54 Å². The minimum atomic E-state index is -0.155. The summed E-state index contributed by atoms with van der Waals surface area (Å²) in [4.78, 5) is 13.4. The third-order valence-corrected chi connectivity index (χ3v) is 5.31. The number of aromatic nitrogens is 3. The van der Waals surface area contributed by atoms with Gasteiger partial charge in [-0.05, 0) is 50.9 Å². The Hall–Kier alpha value is -1.86. The maximum atomic E-state index is 12.2. The lowest BCUT2D eigenvalue weighted by Crippen LogP contribution is -2.32. The molecule has 0 bridgehead atoms. The maximum Gasteiger partial charge on any atom is 0.273 e. The highest BCUT2D eigenvalue weighted by molar-refractivity contribution is 7.99. The van der Waals surface area contributed by atoms with Gasteiger partial charge in [-0.2, -0.15) is 0 Å². The van der Waals surface area contributed by atoms with Crippen molar-refractivity contribution in [1.82, 2.24) is 25.6 Å². The molecule has 0 spiro atoms. The molecule has 0 aliphatic carbocycles. The first-order valence-electron chi connectivity index (χ1n) is 8.79. The normalized spacial score (nSPS) is 17.4. The molecule has 25 heavy (non-hydrogen) atoms. The first kappa shape index (κ1) is 17.9. The molecule has 1 saturated heterocycles. The van der Waals surface area contributed by atoms with Gasteiger partial charge in [0.1, 0.15) is 0 Å². The quantitative estimate of drug-likeness (QED) is 0.585. The lowest BCUT2D eigenvalue weighted by Gasteiger charge is -2.22. The average Bonchev–Trinajstić information content (AvgIpc) is 3.09. The molecule has 2 N–H and O–H groups in total. The minimum Gasteiger partial charge on any atom is -0.350 e. The molecule has 1 fully saturated rings. The van der Waals surface area contributed by atoms with Crippen LogP contribution in [0.1, 0.15) is 28.9 Å². The van der Waals surface area contributed by atoms with E-state index in [1.807, 2.05) is 0 Å². The fourth-order valence-electron chi connectivity index (χ4n) is 2.89. The Kier molecular flexibility index (Phi) is 6.47. The van der Waals surface area contributed by atoms with Crippen molar-refractivity contribution in [2.75, 3.05) is 25.4 Å². The van der Waals surface area contributed by atoms with Gasteiger partial charge in [0, 0.05) is 23.7 Å². The van der Waals surface area contributed by atoms with E-state index in [0.717, 1.165) is 25.4 Å². The summed E-state index contributed by atoms with van der Waals surface area (Å²) >= 11 is 1.73. The first-order chi connectivity index (χ1) is 12.2. The van der Waals surface area contributed by atoms with Crippen molar-refractivity contribution >= 4 is 17.7 Å². The van der Waals surface area contributed by atoms with E-state index in [0.29, 0.717) is 18.2 Å². The minimum absolute atomic E-state index is 0.155. The van der Waals surface area contributed by atoms with Crippen LogP contribution in [-0.4, -0.2) is 46.3 Å². The predicted molar refractivity (Wildman–Crippen MR) is 99.9 cm³/mol. The molecule has 7 heteroatoms. The van der Waals surface area contributed by atoms with E-state index in [1.165, 1.54) is 23.3 Å². The zero-order valence-electron chi connectivity index (χ0n) is 14.6. The van der Waals surface area contributed by atoms with Crippen molar-refractivity contribution in [1.29, 1.82) is 0 Å². The van der Waals surface area contributed by atoms with Gasteiger partial charge in [0.25, 0.3) is 5.91 Å². The molecule has 1 aromatic heterocycles. The molecule has 0 unspecified atom stereocenters. The molecule has 1 atom stereocenters. The van der Waals surface area contributed by atoms with Crippen LogP contribution in [0.2, 0.25) is 0 Å². The predicted octanol–water partition coefficient (Wildman–Crippen LogP) is 2.11. The van der Waals surface area contributed by atoms with Crippen molar-refractivity contribution in [2.45, 2.75) is 31.2 Å². The zero-order chi connectivity index (χ0) is 17.5. The summed E-state index contributed by atoms with van der Waals surface area (Å²) in [6.45, 7) is 5.61. The standard InChI is InChI=1S/C18H25N5OS/c1-14-4-6-16(7-5-14)25-10-9-20-18(24)17-13-23(22-21-17)12-15-3-2-8-19-11-15/h4-7,13,15,19H,2-3,8-12H2,1H3,(H,20,24)/t15-/m1/s1. The van der Waals surface area contributed by atoms with Gasteiger partial charge < -0.3 is 10.6 Å². The number of hydrogen-bond donors (Lipinski definition) is 2. The Labute approximate surface area is 152 Å². The summed E-state index contributed by atoms with van der Waals surface area (Å²) in [6.07, 6.45) is 4.15. The topological polar surface area (TPSA) is 71.8 Å². The van der Waals surface area contributed by atoms with Crippen LogP contribution < -0.4 is 10.6 Å². The molecule has 2 aromatic rings. The first-order valence-corrected chi connectivity index (χ1v) is 9.78. The van der Waals surface area contributed by atoms with E-state index in [1.54, 1.807) is 22.6 Å². The number of amides is 1. The van der Waals surface area contributed by atoms with E-state index < -0.39 is 0 Å². The average molecular weight is 359 g/mol. The zero-order valence-corrected chi connectivity index (χ0v) is 15.4. The summed E-state index contributed by atoms with van der Waals surface area (Å²) in [5.41, 5.74) is 1.65. The van der Waals surface area contributed by atoms with Gasteiger partial charge in [-0.25, -0.2) is 0 Å². The molecular weight excluding hydrogens is 334 g/mol. The molecule has 1 aliphatic rings. The van der Waals surface area contributed by atoms with Crippen LogP contribution in [0.15, 0.2) is 35.4 Å². The second-order valence-corrected chi connectivity index (χ2v) is 7.62. The van der Waals surface area contributed by atoms with Crippen molar-refractivity contribution in [2.24, 2.45) is 5.92 Å². The Balaban J connectivity index is 1.40. The maximum absolute atomic E-state index is 12.2. The second kappa shape index (κ2) is 9.01. The van der Waals surface area contributed by atoms with Crippen molar-refractivity contribution in [3.63, 3.8) is 0 Å². The number of aryl methyl sites for hydroxylation is 1. The monoisotopic (exact) mass is 359 g/mol. The number of piperidine rings is 1. The van der Waals surface area contributed by atoms with E-state index >= 15 is 0 Å². The Morgan fingerprint density at radius 1 is 1.40 bits per heavy atom. The van der Waals surface area contributed by atoms with Crippen LogP contribution in [0.25, 0.3) is 0 Å². The molecule has 1 amide bonds. The third kappa shape index (κ3) is 5.57. The molecule has 2 heterocycles. The van der Waals surface area contributed by atoms with Gasteiger partial charge in [0.2, 0.25) is 0 Å². The molecular formula is C18H25N5OS. The van der Waals surface area contributed by atoms with E-state index in [9.17, 15) is 4.79 Å². The van der Waals surface area contributed by atoms with E-state index in [2.05, 4.69) is 52.1 Å². The van der Waals surface area contributed by atoms with Gasteiger partial charge in [-0.1, -0.05) is 22.9 Å². The van der Waals surface area contributed by atoms with Crippen LogP contribution in [0.5, 0.6) is 0 Å². The Morgan fingerprint density at radius 3 is 3.00 bits per heavy atom. The lowest BCUT2D eigenvalue weighted by atomic mass is 10.00. The summed E-state index contributed by atoms with van der Waals surface area (Å²) in [5.74, 6) is 1.24. The molecule has 3 rings (SSSR count). The van der Waals surface area contributed by atoms with Crippen LogP contribution in [0.3, 0.4) is 0 Å². The van der Waals surface area contributed by atoms with Gasteiger partial charge in [-0.15, -0.1) is 16.9 Å². The largest absolute Gasteiger partial charge is 0.350 e. The molecule has 0 saturated carbocycles. The number of rotatable bonds is 7. The van der Waals surface area contributed by atoms with Gasteiger partial charge >= 0.3 is 0 Å². The molecule has 0 radical (unpaired) electrons. The summed E-state index contributed by atoms with van der Waals surface area (Å²) < 4.78 is 1.79. The number of carbonyl (C=O) groups excluding carboxylic acids is 1. The third-order valence-electron chi connectivity index (χ3n) is 4.29. The highest BCUT2D eigenvalue weighted by atomic mass is 32.2. The van der Waals surface area contributed by atoms with Crippen LogP contribution in [0, 0.1) is 12.8 Å². The molecule has 1 aromatic carbocycles. The lowest BCUT2D eigenvalue weighted by molar-refractivity contribution is 0.0951. The van der Waals surface area contributed by atoms with Crippen LogP contribution in [0.4, 0.5) is 0 Å². The van der Waals surface area contributed by atoms with Gasteiger partial charge in [0.15, 0.2) is 5.69 Å². The number of benzene rings is 1. The van der Waals surface area contributed by atoms with Crippen molar-refractivity contribution in [3.8, 4) is 0 Å². The molecule has 1 aliphatic heterocycles. The summed E-state index contributed by atoms with van der Waals surface area (Å²) in [7, 11) is 0. The Morgan fingerprint density at radius 2 is 2.24 bits per heavy atom. The number of nitrogens with one attached hydrogen (secondary N) is 2. The fraction of sp³-hybridized carbons (Fsp3) is 0.500. The number of nitrogens with zero attached hydrogens (tertiary/aromatic N) is 3. The van der Waals surface area contributed by atoms with E-state index in [4.69, 9.17) is 0 Å². The van der Waals surface area contributed by atoms with Crippen molar-refractivity contribution < 1.29 is 4.79 Å².